The molecule has 1 unspecified atom stereocenters. The normalized spacial score (nSPS) is 13.3. The Kier molecular flexibility index (Phi) is 6.25. The number of hydrogen-bond donors (Lipinski definition) is 0. The standard InChI is InChI=1S/C16H28ClN3/c1-7-9-10-20(12(3)8-2)14-11-13(17)18-15(19-14)16(4,5)6/h11-12H,7-10H2,1-6H3. The van der Waals surface area contributed by atoms with Gasteiger partial charge >= 0.3 is 0 Å². The zero-order chi connectivity index (χ0) is 15.3. The zero-order valence-electron chi connectivity index (χ0n) is 13.7. The van der Waals surface area contributed by atoms with Crippen molar-refractivity contribution in [1.82, 2.24) is 9.97 Å². The summed E-state index contributed by atoms with van der Waals surface area (Å²) in [5.41, 5.74) is -0.0917. The van der Waals surface area contributed by atoms with Crippen LogP contribution in [0, 0.1) is 0 Å². The van der Waals surface area contributed by atoms with Gasteiger partial charge in [0.15, 0.2) is 0 Å². The lowest BCUT2D eigenvalue weighted by molar-refractivity contribution is 0.536. The molecular weight excluding hydrogens is 270 g/mol. The van der Waals surface area contributed by atoms with Gasteiger partial charge in [0, 0.05) is 24.1 Å². The first kappa shape index (κ1) is 17.2. The second kappa shape index (κ2) is 7.26. The van der Waals surface area contributed by atoms with E-state index >= 15 is 0 Å². The SMILES string of the molecule is CCCCN(c1cc(Cl)nc(C(C)(C)C)n1)C(C)CC. The Morgan fingerprint density at radius 2 is 1.90 bits per heavy atom. The van der Waals surface area contributed by atoms with Crippen molar-refractivity contribution in [3.8, 4) is 0 Å². The summed E-state index contributed by atoms with van der Waals surface area (Å²) in [5.74, 6) is 1.77. The molecule has 114 valence electrons. The third-order valence-electron chi connectivity index (χ3n) is 3.52. The number of rotatable bonds is 6. The van der Waals surface area contributed by atoms with Crippen molar-refractivity contribution in [2.75, 3.05) is 11.4 Å². The Morgan fingerprint density at radius 1 is 1.25 bits per heavy atom. The number of halogens is 1. The fourth-order valence-electron chi connectivity index (χ4n) is 2.00. The largest absolute Gasteiger partial charge is 0.354 e. The van der Waals surface area contributed by atoms with Crippen LogP contribution < -0.4 is 4.90 Å². The third kappa shape index (κ3) is 4.62. The molecule has 1 heterocycles. The van der Waals surface area contributed by atoms with E-state index in [-0.39, 0.29) is 5.41 Å². The van der Waals surface area contributed by atoms with Crippen LogP contribution in [0.3, 0.4) is 0 Å². The molecule has 0 fully saturated rings. The maximum Gasteiger partial charge on any atom is 0.137 e. The van der Waals surface area contributed by atoms with Crippen LogP contribution >= 0.6 is 11.6 Å². The summed E-state index contributed by atoms with van der Waals surface area (Å²) in [7, 11) is 0. The minimum atomic E-state index is -0.0917. The van der Waals surface area contributed by atoms with Gasteiger partial charge in [0.05, 0.1) is 0 Å². The second-order valence-corrected chi connectivity index (χ2v) is 6.81. The molecule has 0 aliphatic heterocycles. The van der Waals surface area contributed by atoms with Gasteiger partial charge in [-0.3, -0.25) is 0 Å². The first-order valence-corrected chi connectivity index (χ1v) is 7.99. The van der Waals surface area contributed by atoms with Crippen LogP contribution in [-0.2, 0) is 5.41 Å². The molecule has 4 heteroatoms. The molecule has 0 aromatic carbocycles. The van der Waals surface area contributed by atoms with Crippen LogP contribution in [0.5, 0.6) is 0 Å². The zero-order valence-corrected chi connectivity index (χ0v) is 14.5. The van der Waals surface area contributed by atoms with Gasteiger partial charge in [-0.2, -0.15) is 0 Å². The fraction of sp³-hybridized carbons (Fsp3) is 0.750. The van der Waals surface area contributed by atoms with E-state index in [2.05, 4.69) is 51.4 Å². The Hall–Kier alpha value is -0.830. The van der Waals surface area contributed by atoms with E-state index < -0.39 is 0 Å². The highest BCUT2D eigenvalue weighted by atomic mass is 35.5. The number of aromatic nitrogens is 2. The highest BCUT2D eigenvalue weighted by Crippen LogP contribution is 2.25. The number of nitrogens with zero attached hydrogens (tertiary/aromatic N) is 3. The van der Waals surface area contributed by atoms with E-state index in [1.807, 2.05) is 6.07 Å². The smallest absolute Gasteiger partial charge is 0.137 e. The van der Waals surface area contributed by atoms with E-state index in [0.717, 1.165) is 31.0 Å². The lowest BCUT2D eigenvalue weighted by atomic mass is 9.96. The first-order chi connectivity index (χ1) is 9.29. The molecule has 3 nitrogen and oxygen atoms in total. The predicted octanol–water partition coefficient (Wildman–Crippen LogP) is 4.83. The molecule has 20 heavy (non-hydrogen) atoms. The lowest BCUT2D eigenvalue weighted by Gasteiger charge is -2.31. The van der Waals surface area contributed by atoms with Gasteiger partial charge in [0.2, 0.25) is 0 Å². The molecule has 0 aliphatic carbocycles. The molecule has 0 N–H and O–H groups in total. The maximum absolute atomic E-state index is 6.20. The van der Waals surface area contributed by atoms with Gasteiger partial charge in [-0.25, -0.2) is 9.97 Å². The van der Waals surface area contributed by atoms with Crippen molar-refractivity contribution in [2.45, 2.75) is 72.3 Å². The Morgan fingerprint density at radius 3 is 2.40 bits per heavy atom. The highest BCUT2D eigenvalue weighted by molar-refractivity contribution is 6.29. The molecule has 0 saturated heterocycles. The molecule has 0 saturated carbocycles. The molecule has 0 amide bonds. The van der Waals surface area contributed by atoms with Crippen molar-refractivity contribution in [3.05, 3.63) is 17.0 Å². The van der Waals surface area contributed by atoms with Gasteiger partial charge in [-0.15, -0.1) is 0 Å². The van der Waals surface area contributed by atoms with Gasteiger partial charge in [0.25, 0.3) is 0 Å². The Balaban J connectivity index is 3.15. The van der Waals surface area contributed by atoms with Crippen LogP contribution in [0.25, 0.3) is 0 Å². The van der Waals surface area contributed by atoms with Crippen LogP contribution in [0.15, 0.2) is 6.07 Å². The Bertz CT molecular complexity index is 426. The highest BCUT2D eigenvalue weighted by Gasteiger charge is 2.22. The van der Waals surface area contributed by atoms with E-state index in [4.69, 9.17) is 16.6 Å². The topological polar surface area (TPSA) is 29.0 Å². The van der Waals surface area contributed by atoms with Crippen molar-refractivity contribution < 1.29 is 0 Å². The number of anilines is 1. The maximum atomic E-state index is 6.20. The third-order valence-corrected chi connectivity index (χ3v) is 3.72. The predicted molar refractivity (Wildman–Crippen MR) is 87.7 cm³/mol. The van der Waals surface area contributed by atoms with Crippen molar-refractivity contribution >= 4 is 17.4 Å². The van der Waals surface area contributed by atoms with Gasteiger partial charge in [0.1, 0.15) is 16.8 Å². The summed E-state index contributed by atoms with van der Waals surface area (Å²) < 4.78 is 0. The molecule has 0 spiro atoms. The molecule has 0 radical (unpaired) electrons. The monoisotopic (exact) mass is 297 g/mol. The minimum Gasteiger partial charge on any atom is -0.354 e. The molecule has 0 aliphatic rings. The molecular formula is C16H28ClN3. The van der Waals surface area contributed by atoms with Crippen LogP contribution in [0.2, 0.25) is 5.15 Å². The summed E-state index contributed by atoms with van der Waals surface area (Å²) in [6, 6.07) is 2.35. The van der Waals surface area contributed by atoms with Gasteiger partial charge in [-0.05, 0) is 19.8 Å². The number of unbranched alkanes of at least 4 members (excludes halogenated alkanes) is 1. The quantitative estimate of drug-likeness (QED) is 0.704. The van der Waals surface area contributed by atoms with E-state index in [1.54, 1.807) is 0 Å². The average Bonchev–Trinajstić information content (AvgIpc) is 2.37. The second-order valence-electron chi connectivity index (χ2n) is 6.43. The van der Waals surface area contributed by atoms with Crippen LogP contribution in [-0.4, -0.2) is 22.6 Å². The van der Waals surface area contributed by atoms with E-state index in [9.17, 15) is 0 Å². The summed E-state index contributed by atoms with van der Waals surface area (Å²) in [6.07, 6.45) is 3.44. The summed E-state index contributed by atoms with van der Waals surface area (Å²) in [5, 5.41) is 0.532. The molecule has 1 atom stereocenters. The van der Waals surface area contributed by atoms with E-state index in [0.29, 0.717) is 11.2 Å². The molecule has 1 aromatic rings. The molecule has 1 rings (SSSR count). The summed E-state index contributed by atoms with van der Waals surface area (Å²) in [4.78, 5) is 11.5. The summed E-state index contributed by atoms with van der Waals surface area (Å²) in [6.45, 7) is 14.0. The minimum absolute atomic E-state index is 0.0917. The van der Waals surface area contributed by atoms with Crippen LogP contribution in [0.1, 0.15) is 66.6 Å². The lowest BCUT2D eigenvalue weighted by Crippen LogP contribution is -2.35. The number of hydrogen-bond acceptors (Lipinski definition) is 3. The van der Waals surface area contributed by atoms with E-state index in [1.165, 1.54) is 6.42 Å². The van der Waals surface area contributed by atoms with Crippen LogP contribution in [0.4, 0.5) is 5.82 Å². The molecule has 0 bridgehead atoms. The summed E-state index contributed by atoms with van der Waals surface area (Å²) >= 11 is 6.20. The molecule has 1 aromatic heterocycles. The Labute approximate surface area is 128 Å². The van der Waals surface area contributed by atoms with Crippen molar-refractivity contribution in [2.24, 2.45) is 0 Å². The van der Waals surface area contributed by atoms with Gasteiger partial charge < -0.3 is 4.90 Å². The average molecular weight is 298 g/mol. The van der Waals surface area contributed by atoms with Gasteiger partial charge in [-0.1, -0.05) is 52.6 Å². The van der Waals surface area contributed by atoms with Crippen molar-refractivity contribution in [3.63, 3.8) is 0 Å². The van der Waals surface area contributed by atoms with Crippen molar-refractivity contribution in [1.29, 1.82) is 0 Å². The fourth-order valence-corrected chi connectivity index (χ4v) is 2.18. The first-order valence-electron chi connectivity index (χ1n) is 7.61.